The van der Waals surface area contributed by atoms with Crippen LogP contribution in [-0.2, 0) is 4.74 Å². The summed E-state index contributed by atoms with van der Waals surface area (Å²) in [6.07, 6.45) is 3.42. The summed E-state index contributed by atoms with van der Waals surface area (Å²) in [6, 6.07) is 11.5. The number of aryl methyl sites for hydroxylation is 1. The van der Waals surface area contributed by atoms with Gasteiger partial charge in [-0.15, -0.1) is 13.2 Å². The first-order chi connectivity index (χ1) is 12.2. The van der Waals surface area contributed by atoms with E-state index in [4.69, 9.17) is 4.74 Å². The second-order valence-corrected chi connectivity index (χ2v) is 4.94. The zero-order chi connectivity index (χ0) is 18.2. The summed E-state index contributed by atoms with van der Waals surface area (Å²) >= 11 is 0. The molecule has 0 unspecified atom stereocenters. The van der Waals surface area contributed by atoms with Crippen LogP contribution in [0.1, 0.15) is 23.1 Å². The number of ether oxygens (including phenoxy) is 1. The summed E-state index contributed by atoms with van der Waals surface area (Å²) in [7, 11) is 0. The number of rotatable bonds is 4. The molecule has 1 aromatic carbocycles. The number of benzene rings is 1. The van der Waals surface area contributed by atoms with Crippen molar-refractivity contribution in [3.8, 4) is 17.1 Å². The summed E-state index contributed by atoms with van der Waals surface area (Å²) in [5.41, 5.74) is 2.94. The van der Waals surface area contributed by atoms with Crippen LogP contribution in [0, 0.1) is 6.92 Å². The molecule has 128 valence electrons. The third kappa shape index (κ3) is 4.17. The molecular formula is C19H20N4O2. The summed E-state index contributed by atoms with van der Waals surface area (Å²) < 4.78 is 6.45. The van der Waals surface area contributed by atoms with Gasteiger partial charge in [0.05, 0.1) is 12.3 Å². The Balaban J connectivity index is 0.00000109. The molecule has 3 aromatic rings. The molecule has 0 atom stereocenters. The van der Waals surface area contributed by atoms with Crippen molar-refractivity contribution in [3.63, 3.8) is 0 Å². The predicted octanol–water partition coefficient (Wildman–Crippen LogP) is 3.62. The molecule has 0 saturated carbocycles. The maximum Gasteiger partial charge on any atom is 0.357 e. The van der Waals surface area contributed by atoms with Gasteiger partial charge in [-0.1, -0.05) is 30.3 Å². The average molecular weight is 336 g/mol. The van der Waals surface area contributed by atoms with Gasteiger partial charge in [0.15, 0.2) is 5.69 Å². The number of hydrogen-bond acceptors (Lipinski definition) is 5. The van der Waals surface area contributed by atoms with Crippen molar-refractivity contribution in [2.45, 2.75) is 13.8 Å². The Kier molecular flexibility index (Phi) is 6.17. The van der Waals surface area contributed by atoms with E-state index in [1.807, 2.05) is 30.3 Å². The summed E-state index contributed by atoms with van der Waals surface area (Å²) in [5, 5.41) is 4.28. The van der Waals surface area contributed by atoms with E-state index >= 15 is 0 Å². The molecule has 0 fully saturated rings. The first-order valence-corrected chi connectivity index (χ1v) is 7.80. The van der Waals surface area contributed by atoms with Gasteiger partial charge < -0.3 is 4.74 Å². The SMILES string of the molecule is C=C.CCOC(=O)c1cc(C)nn1-c1ncc(-c2ccccc2)cn1. The summed E-state index contributed by atoms with van der Waals surface area (Å²) in [4.78, 5) is 20.6. The normalized spacial score (nSPS) is 9.84. The van der Waals surface area contributed by atoms with E-state index in [1.165, 1.54) is 4.68 Å². The van der Waals surface area contributed by atoms with Crippen LogP contribution < -0.4 is 0 Å². The molecule has 0 spiro atoms. The number of esters is 1. The largest absolute Gasteiger partial charge is 0.461 e. The topological polar surface area (TPSA) is 69.9 Å². The Morgan fingerprint density at radius 3 is 2.36 bits per heavy atom. The minimum Gasteiger partial charge on any atom is -0.461 e. The first kappa shape index (κ1) is 18.1. The lowest BCUT2D eigenvalue weighted by Crippen LogP contribution is -2.14. The number of nitrogens with zero attached hydrogens (tertiary/aromatic N) is 4. The maximum absolute atomic E-state index is 12.0. The maximum atomic E-state index is 12.0. The van der Waals surface area contributed by atoms with Gasteiger partial charge in [0.1, 0.15) is 0 Å². The van der Waals surface area contributed by atoms with Crippen LogP contribution in [0.3, 0.4) is 0 Å². The van der Waals surface area contributed by atoms with E-state index in [-0.39, 0.29) is 0 Å². The third-order valence-electron chi connectivity index (χ3n) is 3.25. The number of aromatic nitrogens is 4. The number of carbonyl (C=O) groups excluding carboxylic acids is 1. The van der Waals surface area contributed by atoms with Crippen LogP contribution in [-0.4, -0.2) is 32.3 Å². The van der Waals surface area contributed by atoms with Gasteiger partial charge in [0.2, 0.25) is 0 Å². The van der Waals surface area contributed by atoms with Crippen molar-refractivity contribution in [1.29, 1.82) is 0 Å². The summed E-state index contributed by atoms with van der Waals surface area (Å²) in [6.45, 7) is 9.87. The third-order valence-corrected chi connectivity index (χ3v) is 3.25. The first-order valence-electron chi connectivity index (χ1n) is 7.80. The molecule has 0 bridgehead atoms. The van der Waals surface area contributed by atoms with Gasteiger partial charge in [-0.25, -0.2) is 14.8 Å². The molecule has 0 aliphatic rings. The fourth-order valence-electron chi connectivity index (χ4n) is 2.21. The molecule has 2 heterocycles. The Hall–Kier alpha value is -3.28. The molecule has 2 aromatic heterocycles. The smallest absolute Gasteiger partial charge is 0.357 e. The minimum absolute atomic E-state index is 0.302. The van der Waals surface area contributed by atoms with Crippen LogP contribution >= 0.6 is 0 Å². The molecule has 3 rings (SSSR count). The van der Waals surface area contributed by atoms with Gasteiger partial charge in [-0.3, -0.25) is 0 Å². The van der Waals surface area contributed by atoms with E-state index in [0.29, 0.717) is 23.9 Å². The minimum atomic E-state index is -0.441. The van der Waals surface area contributed by atoms with Crippen molar-refractivity contribution < 1.29 is 9.53 Å². The van der Waals surface area contributed by atoms with Gasteiger partial charge in [-0.2, -0.15) is 9.78 Å². The van der Waals surface area contributed by atoms with E-state index in [9.17, 15) is 4.79 Å². The molecule has 25 heavy (non-hydrogen) atoms. The highest BCUT2D eigenvalue weighted by atomic mass is 16.5. The molecule has 0 N–H and O–H groups in total. The summed E-state index contributed by atoms with van der Waals surface area (Å²) in [5.74, 6) is -0.107. The lowest BCUT2D eigenvalue weighted by atomic mass is 10.1. The molecule has 0 aliphatic heterocycles. The monoisotopic (exact) mass is 336 g/mol. The van der Waals surface area contributed by atoms with Crippen molar-refractivity contribution in [1.82, 2.24) is 19.7 Å². The van der Waals surface area contributed by atoms with Gasteiger partial charge in [-0.05, 0) is 25.5 Å². The van der Waals surface area contributed by atoms with E-state index in [2.05, 4.69) is 28.2 Å². The molecule has 0 amide bonds. The van der Waals surface area contributed by atoms with Gasteiger partial charge in [0, 0.05) is 18.0 Å². The fraction of sp³-hybridized carbons (Fsp3) is 0.158. The van der Waals surface area contributed by atoms with Crippen molar-refractivity contribution in [2.24, 2.45) is 0 Å². The number of hydrogen-bond donors (Lipinski definition) is 0. The molecule has 0 radical (unpaired) electrons. The molecule has 0 aliphatic carbocycles. The Morgan fingerprint density at radius 2 is 1.76 bits per heavy atom. The van der Waals surface area contributed by atoms with Crippen LogP contribution in [0.4, 0.5) is 0 Å². The van der Waals surface area contributed by atoms with Crippen LogP contribution in [0.15, 0.2) is 61.9 Å². The van der Waals surface area contributed by atoms with E-state index < -0.39 is 5.97 Å². The highest BCUT2D eigenvalue weighted by molar-refractivity contribution is 5.88. The zero-order valence-electron chi connectivity index (χ0n) is 14.3. The highest BCUT2D eigenvalue weighted by Gasteiger charge is 2.18. The molecule has 6 heteroatoms. The Morgan fingerprint density at radius 1 is 1.12 bits per heavy atom. The number of carbonyl (C=O) groups is 1. The fourth-order valence-corrected chi connectivity index (χ4v) is 2.21. The van der Waals surface area contributed by atoms with Gasteiger partial charge in [0.25, 0.3) is 5.95 Å². The Bertz CT molecular complexity index is 826. The quantitative estimate of drug-likeness (QED) is 0.537. The van der Waals surface area contributed by atoms with Crippen LogP contribution in [0.25, 0.3) is 17.1 Å². The van der Waals surface area contributed by atoms with Crippen molar-refractivity contribution in [3.05, 3.63) is 73.3 Å². The van der Waals surface area contributed by atoms with E-state index in [0.717, 1.165) is 11.1 Å². The van der Waals surface area contributed by atoms with Crippen molar-refractivity contribution >= 4 is 5.97 Å². The zero-order valence-corrected chi connectivity index (χ0v) is 14.3. The van der Waals surface area contributed by atoms with Gasteiger partial charge >= 0.3 is 5.97 Å². The molecular weight excluding hydrogens is 316 g/mol. The second-order valence-electron chi connectivity index (χ2n) is 4.94. The van der Waals surface area contributed by atoms with E-state index in [1.54, 1.807) is 32.3 Å². The standard InChI is InChI=1S/C17H16N4O2.C2H4/c1-3-23-16(22)15-9-12(2)20-21(15)17-18-10-14(11-19-17)13-7-5-4-6-8-13;1-2/h4-11H,3H2,1-2H3;1-2H2. The lowest BCUT2D eigenvalue weighted by molar-refractivity contribution is 0.0515. The second kappa shape index (κ2) is 8.54. The van der Waals surface area contributed by atoms with Crippen LogP contribution in [0.5, 0.6) is 0 Å². The predicted molar refractivity (Wildman–Crippen MR) is 96.5 cm³/mol. The highest BCUT2D eigenvalue weighted by Crippen LogP contribution is 2.18. The van der Waals surface area contributed by atoms with Crippen molar-refractivity contribution in [2.75, 3.05) is 6.61 Å². The average Bonchev–Trinajstić information content (AvgIpc) is 3.06. The Labute approximate surface area is 146 Å². The molecule has 0 saturated heterocycles. The molecule has 6 nitrogen and oxygen atoms in total. The van der Waals surface area contributed by atoms with Crippen LogP contribution in [0.2, 0.25) is 0 Å². The lowest BCUT2D eigenvalue weighted by Gasteiger charge is -2.06.